The smallest absolute Gasteiger partial charge is 0.195 e. The molecule has 2 aliphatic rings. The van der Waals surface area contributed by atoms with E-state index >= 15 is 0 Å². The number of piperidine rings is 1. The van der Waals surface area contributed by atoms with Crippen LogP contribution in [0.5, 0.6) is 0 Å². The van der Waals surface area contributed by atoms with Crippen LogP contribution in [0.25, 0.3) is 11.3 Å². The number of fused-ring (bicyclic) bond motifs is 2. The number of aromatic nitrogens is 2. The van der Waals surface area contributed by atoms with Gasteiger partial charge in [-0.25, -0.2) is 4.98 Å². The maximum absolute atomic E-state index is 9.41. The van der Waals surface area contributed by atoms with E-state index in [2.05, 4.69) is 46.8 Å². The lowest BCUT2D eigenvalue weighted by Crippen LogP contribution is -2.29. The highest BCUT2D eigenvalue weighted by molar-refractivity contribution is 7.12. The van der Waals surface area contributed by atoms with Crippen LogP contribution in [-0.2, 0) is 12.8 Å². The summed E-state index contributed by atoms with van der Waals surface area (Å²) >= 11 is 1.55. The minimum Gasteiger partial charge on any atom is -0.371 e. The van der Waals surface area contributed by atoms with Crippen molar-refractivity contribution in [2.45, 2.75) is 25.7 Å². The number of nitrogens with zero attached hydrogens (tertiary/aromatic N) is 4. The van der Waals surface area contributed by atoms with Crippen LogP contribution in [0.15, 0.2) is 60.9 Å². The minimum absolute atomic E-state index is 0.570. The molecule has 0 saturated carbocycles. The Morgan fingerprint density at radius 3 is 2.57 bits per heavy atom. The molecule has 30 heavy (non-hydrogen) atoms. The molecule has 0 N–H and O–H groups in total. The predicted molar refractivity (Wildman–Crippen MR) is 121 cm³/mol. The van der Waals surface area contributed by atoms with Crippen molar-refractivity contribution >= 4 is 22.6 Å². The molecular weight excluding hydrogens is 388 g/mol. The van der Waals surface area contributed by atoms with Gasteiger partial charge in [0.25, 0.3) is 0 Å². The van der Waals surface area contributed by atoms with E-state index in [-0.39, 0.29) is 0 Å². The zero-order valence-corrected chi connectivity index (χ0v) is 17.6. The van der Waals surface area contributed by atoms with Crippen LogP contribution in [0, 0.1) is 11.3 Å². The standard InChI is InChI=1S/C25H22N4S/c1-17(18-8-12-27-13-9-18)29-14-10-20(11-15-29)24-21-5-3-2-4-19(21)6-7-22-25(24)28-23(16-26)30-22/h2-5,8-9,12-13H,1,6-7,10-11,14-15H2. The number of rotatable bonds is 2. The van der Waals surface area contributed by atoms with E-state index in [4.69, 9.17) is 4.98 Å². The van der Waals surface area contributed by atoms with Crippen molar-refractivity contribution in [3.05, 3.63) is 93.2 Å². The second-order valence-electron chi connectivity index (χ2n) is 7.71. The van der Waals surface area contributed by atoms with Gasteiger partial charge in [0.1, 0.15) is 6.07 Å². The molecule has 3 aromatic rings. The van der Waals surface area contributed by atoms with Crippen LogP contribution in [0.4, 0.5) is 0 Å². The quantitative estimate of drug-likeness (QED) is 0.591. The van der Waals surface area contributed by atoms with Gasteiger partial charge < -0.3 is 4.90 Å². The van der Waals surface area contributed by atoms with Gasteiger partial charge in [-0.1, -0.05) is 36.4 Å². The van der Waals surface area contributed by atoms with Crippen LogP contribution < -0.4 is 0 Å². The average molecular weight is 411 g/mol. The summed E-state index contributed by atoms with van der Waals surface area (Å²) in [4.78, 5) is 12.5. The molecule has 1 saturated heterocycles. The molecule has 1 fully saturated rings. The van der Waals surface area contributed by atoms with Crippen molar-refractivity contribution < 1.29 is 0 Å². The first-order valence-electron chi connectivity index (χ1n) is 10.3. The van der Waals surface area contributed by atoms with Crippen LogP contribution in [0.3, 0.4) is 0 Å². The Bertz CT molecular complexity index is 1170. The second kappa shape index (κ2) is 7.89. The third-order valence-corrected chi connectivity index (χ3v) is 7.07. The summed E-state index contributed by atoms with van der Waals surface area (Å²) in [5.74, 6) is 0. The van der Waals surface area contributed by atoms with Gasteiger partial charge in [-0.3, -0.25) is 4.98 Å². The highest BCUT2D eigenvalue weighted by Crippen LogP contribution is 2.40. The van der Waals surface area contributed by atoms with Gasteiger partial charge in [-0.2, -0.15) is 5.26 Å². The van der Waals surface area contributed by atoms with Crippen LogP contribution in [0.1, 0.15) is 45.1 Å². The molecule has 1 aliphatic heterocycles. The summed E-state index contributed by atoms with van der Waals surface area (Å²) in [6.07, 6.45) is 7.54. The van der Waals surface area contributed by atoms with Crippen molar-refractivity contribution in [2.75, 3.05) is 13.1 Å². The zero-order chi connectivity index (χ0) is 20.5. The molecule has 0 amide bonds. The molecule has 5 heteroatoms. The van der Waals surface area contributed by atoms with Crippen LogP contribution in [-0.4, -0.2) is 28.0 Å². The Morgan fingerprint density at radius 2 is 1.80 bits per heavy atom. The molecule has 2 aromatic heterocycles. The number of pyridine rings is 1. The first kappa shape index (κ1) is 18.8. The summed E-state index contributed by atoms with van der Waals surface area (Å²) in [6, 6.07) is 15.0. The molecule has 148 valence electrons. The number of thiazole rings is 1. The lowest BCUT2D eigenvalue weighted by Gasteiger charge is -2.33. The number of nitriles is 1. The third kappa shape index (κ3) is 3.34. The predicted octanol–water partition coefficient (Wildman–Crippen LogP) is 5.08. The van der Waals surface area contributed by atoms with Gasteiger partial charge in [-0.05, 0) is 48.9 Å². The maximum atomic E-state index is 9.41. The molecule has 1 aromatic carbocycles. The average Bonchev–Trinajstić information content (AvgIpc) is 3.15. The zero-order valence-electron chi connectivity index (χ0n) is 16.8. The lowest BCUT2D eigenvalue weighted by molar-refractivity contribution is 0.370. The molecule has 4 nitrogen and oxygen atoms in total. The maximum Gasteiger partial charge on any atom is 0.195 e. The van der Waals surface area contributed by atoms with Crippen molar-refractivity contribution in [2.24, 2.45) is 0 Å². The van der Waals surface area contributed by atoms with Gasteiger partial charge in [0.15, 0.2) is 5.01 Å². The van der Waals surface area contributed by atoms with E-state index in [1.807, 2.05) is 24.5 Å². The summed E-state index contributed by atoms with van der Waals surface area (Å²) in [7, 11) is 0. The van der Waals surface area contributed by atoms with E-state index in [0.717, 1.165) is 55.7 Å². The van der Waals surface area contributed by atoms with Crippen molar-refractivity contribution in [3.63, 3.8) is 0 Å². The largest absolute Gasteiger partial charge is 0.371 e. The first-order chi connectivity index (χ1) is 14.7. The Labute approximate surface area is 180 Å². The highest BCUT2D eigenvalue weighted by atomic mass is 32.1. The van der Waals surface area contributed by atoms with E-state index in [1.165, 1.54) is 27.2 Å². The summed E-state index contributed by atoms with van der Waals surface area (Å²) in [5, 5.41) is 9.98. The molecule has 5 rings (SSSR count). The fourth-order valence-corrected chi connectivity index (χ4v) is 5.37. The van der Waals surface area contributed by atoms with Gasteiger partial charge in [0.05, 0.1) is 5.69 Å². The Kier molecular flexibility index (Phi) is 4.94. The Balaban J connectivity index is 1.51. The topological polar surface area (TPSA) is 52.8 Å². The fourth-order valence-electron chi connectivity index (χ4n) is 4.50. The minimum atomic E-state index is 0.570. The van der Waals surface area contributed by atoms with Crippen molar-refractivity contribution in [1.29, 1.82) is 5.26 Å². The highest BCUT2D eigenvalue weighted by Gasteiger charge is 2.27. The first-order valence-corrected chi connectivity index (χ1v) is 11.1. The van der Waals surface area contributed by atoms with E-state index in [0.29, 0.717) is 5.01 Å². The van der Waals surface area contributed by atoms with Crippen molar-refractivity contribution in [1.82, 2.24) is 14.9 Å². The third-order valence-electron chi connectivity index (χ3n) is 6.05. The molecule has 0 atom stereocenters. The number of hydrogen-bond donors (Lipinski definition) is 0. The summed E-state index contributed by atoms with van der Waals surface area (Å²) < 4.78 is 0. The van der Waals surface area contributed by atoms with Crippen molar-refractivity contribution in [3.8, 4) is 6.07 Å². The lowest BCUT2D eigenvalue weighted by atomic mass is 9.89. The SMILES string of the molecule is C=C(c1ccncc1)N1CCC(=C2c3ccccc3CCc3sc(C#N)nc32)CC1. The monoisotopic (exact) mass is 410 g/mol. The normalized spacial score (nSPS) is 15.8. The molecule has 0 unspecified atom stereocenters. The van der Waals surface area contributed by atoms with E-state index in [9.17, 15) is 5.26 Å². The summed E-state index contributed by atoms with van der Waals surface area (Å²) in [5.41, 5.74) is 8.61. The van der Waals surface area contributed by atoms with E-state index < -0.39 is 0 Å². The van der Waals surface area contributed by atoms with Crippen LogP contribution >= 0.6 is 11.3 Å². The number of aryl methyl sites for hydroxylation is 2. The number of hydrogen-bond acceptors (Lipinski definition) is 5. The molecule has 0 bridgehead atoms. The number of benzene rings is 1. The molecular formula is C25H22N4S. The van der Waals surface area contributed by atoms with Gasteiger partial charge in [0, 0.05) is 47.2 Å². The molecule has 3 heterocycles. The van der Waals surface area contributed by atoms with Crippen LogP contribution in [0.2, 0.25) is 0 Å². The molecule has 0 radical (unpaired) electrons. The van der Waals surface area contributed by atoms with E-state index in [1.54, 1.807) is 11.3 Å². The molecule has 0 spiro atoms. The van der Waals surface area contributed by atoms with Gasteiger partial charge in [0.2, 0.25) is 0 Å². The molecule has 1 aliphatic carbocycles. The summed E-state index contributed by atoms with van der Waals surface area (Å²) in [6.45, 7) is 6.20. The number of likely N-dealkylation sites (tertiary alicyclic amines) is 1. The second-order valence-corrected chi connectivity index (χ2v) is 8.79. The van der Waals surface area contributed by atoms with Gasteiger partial charge >= 0.3 is 0 Å². The fraction of sp³-hybridized carbons (Fsp3) is 0.240. The Morgan fingerprint density at radius 1 is 1.03 bits per heavy atom. The van der Waals surface area contributed by atoms with Gasteiger partial charge in [-0.15, -0.1) is 11.3 Å². The Hall–Kier alpha value is -3.23.